The summed E-state index contributed by atoms with van der Waals surface area (Å²) in [5.74, 6) is 1.27. The summed E-state index contributed by atoms with van der Waals surface area (Å²) >= 11 is 18.7. The molecule has 0 saturated heterocycles. The van der Waals surface area contributed by atoms with Gasteiger partial charge < -0.3 is 67.8 Å². The first-order valence-electron chi connectivity index (χ1n) is 35.6. The van der Waals surface area contributed by atoms with Crippen LogP contribution in [0.15, 0.2) is 170 Å². The van der Waals surface area contributed by atoms with Crippen molar-refractivity contribution in [2.24, 2.45) is 0 Å². The van der Waals surface area contributed by atoms with Gasteiger partial charge in [-0.25, -0.2) is 0 Å². The number of rotatable bonds is 14. The SMILES string of the molecule is CN1CCc2c(n(CC(O)c3ccccc3)c3ccc(Cl)cc23)C1.COc1ccc(C(O)Cn2c3c(c4cc(Cl)ccc42)CCN(C)C3)cc1OC.Cc1ccc(C(O)Cn2c3c(c4cc(C)ccc42)CCN(C)C3)cc1.Cc1ccc(C(O)Cn2c3c(c4cc(Cl)ccc42)CCN(C)C3)cc1. The van der Waals surface area contributed by atoms with Crippen molar-refractivity contribution < 1.29 is 29.9 Å². The van der Waals surface area contributed by atoms with E-state index in [1.807, 2.05) is 97.1 Å². The summed E-state index contributed by atoms with van der Waals surface area (Å²) in [6.45, 7) is 16.3. The predicted octanol–water partition coefficient (Wildman–Crippen LogP) is 16.4. The molecule has 8 aromatic carbocycles. The molecule has 532 valence electrons. The number of aryl methyl sites for hydroxylation is 3. The molecule has 0 saturated carbocycles. The fourth-order valence-electron chi connectivity index (χ4n) is 15.6. The molecule has 4 atom stereocenters. The van der Waals surface area contributed by atoms with Gasteiger partial charge in [-0.05, 0) is 198 Å². The highest BCUT2D eigenvalue weighted by atomic mass is 35.5. The van der Waals surface area contributed by atoms with Gasteiger partial charge in [-0.1, -0.05) is 142 Å². The van der Waals surface area contributed by atoms with Crippen molar-refractivity contribution >= 4 is 78.4 Å². The maximum absolute atomic E-state index is 11.0. The lowest BCUT2D eigenvalue weighted by molar-refractivity contribution is 0.154. The first-order valence-corrected chi connectivity index (χ1v) is 36.7. The third-order valence-electron chi connectivity index (χ3n) is 21.2. The number of aliphatic hydroxyl groups excluding tert-OH is 4. The van der Waals surface area contributed by atoms with Crippen molar-refractivity contribution in [3.05, 3.63) is 269 Å². The highest BCUT2D eigenvalue weighted by molar-refractivity contribution is 6.32. The molecule has 4 unspecified atom stereocenters. The molecule has 4 N–H and O–H groups in total. The monoisotopic (exact) mass is 1430 g/mol. The summed E-state index contributed by atoms with van der Waals surface area (Å²) in [6.07, 6.45) is 1.92. The number of likely N-dealkylation sites (N-methyl/N-ethyl adjacent to an activating group) is 4. The summed E-state index contributed by atoms with van der Waals surface area (Å²) in [7, 11) is 11.8. The molecule has 0 radical (unpaired) electrons. The van der Waals surface area contributed by atoms with E-state index in [0.29, 0.717) is 37.7 Å². The van der Waals surface area contributed by atoms with Crippen molar-refractivity contribution in [1.82, 2.24) is 37.9 Å². The van der Waals surface area contributed by atoms with Gasteiger partial charge in [0.25, 0.3) is 0 Å². The van der Waals surface area contributed by atoms with Crippen molar-refractivity contribution in [2.75, 3.05) is 68.6 Å². The molecule has 0 fully saturated rings. The van der Waals surface area contributed by atoms with Crippen molar-refractivity contribution in [2.45, 2.75) is 123 Å². The number of nitrogens with zero attached hydrogens (tertiary/aromatic N) is 8. The van der Waals surface area contributed by atoms with Crippen LogP contribution in [-0.4, -0.2) is 127 Å². The number of methoxy groups -OCH3 is 2. The number of halogens is 3. The van der Waals surface area contributed by atoms with E-state index in [4.69, 9.17) is 44.3 Å². The molecular weight excluding hydrogens is 1340 g/mol. The molecule has 4 aliphatic rings. The Balaban J connectivity index is 0.000000122. The number of hydrogen-bond donors (Lipinski definition) is 4. The smallest absolute Gasteiger partial charge is 0.161 e. The van der Waals surface area contributed by atoms with Gasteiger partial charge in [0.05, 0.1) is 64.8 Å². The van der Waals surface area contributed by atoms with Crippen LogP contribution in [0.2, 0.25) is 15.1 Å². The Morgan fingerprint density at radius 3 is 0.971 bits per heavy atom. The van der Waals surface area contributed by atoms with E-state index in [-0.39, 0.29) is 0 Å². The van der Waals surface area contributed by atoms with Crippen molar-refractivity contribution in [3.8, 4) is 11.5 Å². The average Bonchev–Trinajstić information content (AvgIpc) is 1.63. The maximum Gasteiger partial charge on any atom is 0.161 e. The molecular formula is C85H95Cl3N8O6. The molecule has 0 aliphatic carbocycles. The topological polar surface area (TPSA) is 132 Å². The van der Waals surface area contributed by atoms with Crippen molar-refractivity contribution in [1.29, 1.82) is 0 Å². The highest BCUT2D eigenvalue weighted by Gasteiger charge is 2.29. The van der Waals surface area contributed by atoms with E-state index in [0.717, 1.165) is 132 Å². The standard InChI is InChI=1S/C22H25ClN2O3.C22H26N2O.C21H23ClN2O.C20H21ClN2O/c1-24-9-8-16-17-11-15(23)5-6-18(17)25(19(16)12-24)13-20(26)14-4-7-21(27-2)22(10-14)28-3;1-15-4-7-17(8-5-15)22(25)14-24-20-9-6-16(2)12-19(20)18-10-11-23(3)13-21(18)24;1-14-3-5-15(6-4-14)21(25)13-24-19-8-7-16(22)11-18(19)17-9-10-23(2)12-20(17)24;1-22-10-9-16-17-11-15(21)7-8-18(17)23(19(16)12-22)13-20(24)14-5-3-2-4-6-14/h4-7,10-11,20,26H,8-9,12-13H2,1-3H3;4-9,12,22,25H,10-11,13-14H2,1-3H3;3-8,11,21,25H,9-10,12-13H2,1-2H3;2-8,11,20,24H,9-10,12-13H2,1H3. The Bertz CT molecular complexity index is 4790. The van der Waals surface area contributed by atoms with Crippen LogP contribution < -0.4 is 9.47 Å². The van der Waals surface area contributed by atoms with Gasteiger partial charge >= 0.3 is 0 Å². The van der Waals surface area contributed by atoms with Crippen LogP contribution >= 0.6 is 34.8 Å². The van der Waals surface area contributed by atoms with Crippen molar-refractivity contribution in [3.63, 3.8) is 0 Å². The number of hydrogen-bond acceptors (Lipinski definition) is 10. The van der Waals surface area contributed by atoms with Crippen LogP contribution in [0.5, 0.6) is 11.5 Å². The minimum absolute atomic E-state index is 0.469. The molecule has 8 heterocycles. The Kier molecular flexibility index (Phi) is 22.4. The van der Waals surface area contributed by atoms with E-state index in [9.17, 15) is 20.4 Å². The molecule has 16 rings (SSSR count). The molecule has 0 bridgehead atoms. The van der Waals surface area contributed by atoms with Gasteiger partial charge in [0, 0.05) is 134 Å². The third kappa shape index (κ3) is 15.6. The largest absolute Gasteiger partial charge is 0.493 e. The zero-order valence-electron chi connectivity index (χ0n) is 60.1. The predicted molar refractivity (Wildman–Crippen MR) is 416 cm³/mol. The van der Waals surface area contributed by atoms with Gasteiger partial charge in [0.1, 0.15) is 0 Å². The fourth-order valence-corrected chi connectivity index (χ4v) is 16.1. The lowest BCUT2D eigenvalue weighted by Gasteiger charge is -2.25. The summed E-state index contributed by atoms with van der Waals surface area (Å²) in [5, 5.41) is 50.6. The molecule has 4 aromatic heterocycles. The molecule has 17 heteroatoms. The average molecular weight is 1430 g/mol. The molecule has 0 amide bonds. The maximum atomic E-state index is 11.0. The zero-order chi connectivity index (χ0) is 71.6. The first kappa shape index (κ1) is 72.4. The Hall–Kier alpha value is -7.93. The minimum Gasteiger partial charge on any atom is -0.493 e. The fraction of sp³-hybridized carbons (Fsp3) is 0.341. The van der Waals surface area contributed by atoms with Crippen LogP contribution in [0.25, 0.3) is 43.6 Å². The van der Waals surface area contributed by atoms with Gasteiger partial charge in [-0.2, -0.15) is 0 Å². The Morgan fingerprint density at radius 1 is 0.333 bits per heavy atom. The third-order valence-corrected chi connectivity index (χ3v) is 21.9. The quantitative estimate of drug-likeness (QED) is 0.0834. The van der Waals surface area contributed by atoms with E-state index in [2.05, 4.69) is 160 Å². The zero-order valence-corrected chi connectivity index (χ0v) is 62.4. The Morgan fingerprint density at radius 2 is 0.627 bits per heavy atom. The molecule has 12 aromatic rings. The van der Waals surface area contributed by atoms with E-state index in [1.54, 1.807) is 14.2 Å². The number of fused-ring (bicyclic) bond motifs is 12. The van der Waals surface area contributed by atoms with Crippen LogP contribution in [0.1, 0.15) is 108 Å². The lowest BCUT2D eigenvalue weighted by atomic mass is 10.0. The summed E-state index contributed by atoms with van der Waals surface area (Å²) in [4.78, 5) is 9.33. The second-order valence-corrected chi connectivity index (χ2v) is 29.8. The van der Waals surface area contributed by atoms with Gasteiger partial charge in [-0.3, -0.25) is 0 Å². The number of benzene rings is 8. The van der Waals surface area contributed by atoms with Gasteiger partial charge in [-0.15, -0.1) is 0 Å². The van der Waals surface area contributed by atoms with E-state index < -0.39 is 24.4 Å². The lowest BCUT2D eigenvalue weighted by Crippen LogP contribution is -2.28. The number of aromatic nitrogens is 4. The normalized spacial score (nSPS) is 16.0. The molecule has 0 spiro atoms. The van der Waals surface area contributed by atoms with Crippen LogP contribution in [-0.2, 0) is 78.0 Å². The first-order chi connectivity index (χ1) is 49.2. The molecule has 102 heavy (non-hydrogen) atoms. The Labute approximate surface area is 614 Å². The summed E-state index contributed by atoms with van der Waals surface area (Å²) in [6, 6.07) is 56.6. The number of aliphatic hydroxyl groups is 4. The van der Waals surface area contributed by atoms with Crippen LogP contribution in [0.3, 0.4) is 0 Å². The summed E-state index contributed by atoms with van der Waals surface area (Å²) < 4.78 is 19.8. The molecule has 4 aliphatic heterocycles. The van der Waals surface area contributed by atoms with E-state index in [1.165, 1.54) is 88.8 Å². The van der Waals surface area contributed by atoms with Crippen LogP contribution in [0.4, 0.5) is 0 Å². The van der Waals surface area contributed by atoms with Gasteiger partial charge in [0.2, 0.25) is 0 Å². The summed E-state index contributed by atoms with van der Waals surface area (Å²) in [5.41, 5.74) is 22.9. The minimum atomic E-state index is -0.664. The van der Waals surface area contributed by atoms with Crippen LogP contribution in [0, 0.1) is 20.8 Å². The van der Waals surface area contributed by atoms with E-state index >= 15 is 0 Å². The second-order valence-electron chi connectivity index (χ2n) is 28.5. The number of ether oxygens (including phenoxy) is 2. The second kappa shape index (κ2) is 31.6. The highest BCUT2D eigenvalue weighted by Crippen LogP contribution is 2.40. The van der Waals surface area contributed by atoms with Gasteiger partial charge in [0.15, 0.2) is 11.5 Å². The molecule has 14 nitrogen and oxygen atoms in total.